The molecule has 0 spiro atoms. The highest BCUT2D eigenvalue weighted by molar-refractivity contribution is 5.25. The van der Waals surface area contributed by atoms with Crippen molar-refractivity contribution in [1.29, 1.82) is 0 Å². The van der Waals surface area contributed by atoms with E-state index in [9.17, 15) is 0 Å². The summed E-state index contributed by atoms with van der Waals surface area (Å²) in [6.45, 7) is 4.26. The second-order valence-corrected chi connectivity index (χ2v) is 4.36. The molecule has 0 amide bonds. The van der Waals surface area contributed by atoms with E-state index in [1.807, 2.05) is 19.1 Å². The molecule has 0 aliphatic heterocycles. The molecule has 1 aromatic rings. The van der Waals surface area contributed by atoms with Crippen LogP contribution in [0.2, 0.25) is 0 Å². The summed E-state index contributed by atoms with van der Waals surface area (Å²) in [5, 5.41) is 21.4. The molecule has 0 saturated heterocycles. The van der Waals surface area contributed by atoms with Crippen molar-refractivity contribution in [3.63, 3.8) is 0 Å². The number of nitrogens with one attached hydrogen (secondary N) is 1. The first kappa shape index (κ1) is 13.0. The summed E-state index contributed by atoms with van der Waals surface area (Å²) >= 11 is 0. The molecule has 3 nitrogen and oxygen atoms in total. The smallest absolute Gasteiger partial charge is 0.115 e. The van der Waals surface area contributed by atoms with Gasteiger partial charge in [-0.3, -0.25) is 0 Å². The zero-order valence-corrected chi connectivity index (χ0v) is 9.98. The SMILES string of the molecule is CC(CCc1ccc(O)cc1)N[C@H](C)CO. The molecule has 0 fully saturated rings. The van der Waals surface area contributed by atoms with Crippen LogP contribution >= 0.6 is 0 Å². The third-order valence-electron chi connectivity index (χ3n) is 2.65. The standard InChI is InChI=1S/C13H21NO2/c1-10(14-11(2)9-15)3-4-12-5-7-13(16)8-6-12/h5-8,10-11,14-16H,3-4,9H2,1-2H3/t10?,11-/m1/s1. The minimum Gasteiger partial charge on any atom is -0.508 e. The number of benzene rings is 1. The molecule has 0 saturated carbocycles. The number of aromatic hydroxyl groups is 1. The van der Waals surface area contributed by atoms with E-state index in [4.69, 9.17) is 10.2 Å². The molecule has 90 valence electrons. The molecule has 16 heavy (non-hydrogen) atoms. The Morgan fingerprint density at radius 3 is 2.31 bits per heavy atom. The van der Waals surface area contributed by atoms with Crippen LogP contribution in [-0.2, 0) is 6.42 Å². The Morgan fingerprint density at radius 2 is 1.75 bits per heavy atom. The van der Waals surface area contributed by atoms with Gasteiger partial charge in [0, 0.05) is 12.1 Å². The van der Waals surface area contributed by atoms with E-state index in [-0.39, 0.29) is 12.6 Å². The van der Waals surface area contributed by atoms with Gasteiger partial charge in [0.15, 0.2) is 0 Å². The molecule has 3 heteroatoms. The summed E-state index contributed by atoms with van der Waals surface area (Å²) in [6.07, 6.45) is 2.00. The lowest BCUT2D eigenvalue weighted by Gasteiger charge is -2.18. The van der Waals surface area contributed by atoms with Crippen LogP contribution in [0.15, 0.2) is 24.3 Å². The molecule has 0 radical (unpaired) electrons. The Balaban J connectivity index is 2.31. The lowest BCUT2D eigenvalue weighted by molar-refractivity contribution is 0.241. The van der Waals surface area contributed by atoms with Crippen molar-refractivity contribution in [2.45, 2.75) is 38.8 Å². The minimum absolute atomic E-state index is 0.148. The molecule has 1 rings (SSSR count). The molecule has 0 aliphatic rings. The van der Waals surface area contributed by atoms with Crippen molar-refractivity contribution in [2.24, 2.45) is 0 Å². The van der Waals surface area contributed by atoms with E-state index < -0.39 is 0 Å². The number of aliphatic hydroxyl groups excluding tert-OH is 1. The Labute approximate surface area is 97.1 Å². The third-order valence-corrected chi connectivity index (χ3v) is 2.65. The van der Waals surface area contributed by atoms with Crippen molar-refractivity contribution in [3.8, 4) is 5.75 Å². The number of hydrogen-bond acceptors (Lipinski definition) is 3. The molecule has 0 heterocycles. The number of phenols is 1. The fourth-order valence-electron chi connectivity index (χ4n) is 1.67. The van der Waals surface area contributed by atoms with Crippen molar-refractivity contribution in [1.82, 2.24) is 5.32 Å². The summed E-state index contributed by atoms with van der Waals surface area (Å²) in [5.74, 6) is 0.309. The van der Waals surface area contributed by atoms with E-state index in [1.54, 1.807) is 12.1 Å². The van der Waals surface area contributed by atoms with Crippen LogP contribution in [0.5, 0.6) is 5.75 Å². The first-order valence-corrected chi connectivity index (χ1v) is 5.76. The molecule has 1 aromatic carbocycles. The molecular formula is C13H21NO2. The van der Waals surface area contributed by atoms with E-state index >= 15 is 0 Å². The number of hydrogen-bond donors (Lipinski definition) is 3. The van der Waals surface area contributed by atoms with Gasteiger partial charge in [-0.05, 0) is 44.4 Å². The van der Waals surface area contributed by atoms with Gasteiger partial charge in [0.05, 0.1) is 6.61 Å². The largest absolute Gasteiger partial charge is 0.508 e. The Bertz CT molecular complexity index is 297. The third kappa shape index (κ3) is 4.64. The molecule has 0 aromatic heterocycles. The van der Waals surface area contributed by atoms with E-state index in [0.29, 0.717) is 11.8 Å². The lowest BCUT2D eigenvalue weighted by atomic mass is 10.1. The Morgan fingerprint density at radius 1 is 1.12 bits per heavy atom. The first-order chi connectivity index (χ1) is 7.61. The van der Waals surface area contributed by atoms with Crippen molar-refractivity contribution < 1.29 is 10.2 Å². The topological polar surface area (TPSA) is 52.5 Å². The lowest BCUT2D eigenvalue weighted by Crippen LogP contribution is -2.36. The second-order valence-electron chi connectivity index (χ2n) is 4.36. The van der Waals surface area contributed by atoms with Crippen molar-refractivity contribution in [3.05, 3.63) is 29.8 Å². The van der Waals surface area contributed by atoms with Crippen LogP contribution < -0.4 is 5.32 Å². The second kappa shape index (κ2) is 6.51. The number of rotatable bonds is 6. The quantitative estimate of drug-likeness (QED) is 0.688. The van der Waals surface area contributed by atoms with Gasteiger partial charge in [-0.25, -0.2) is 0 Å². The van der Waals surface area contributed by atoms with Gasteiger partial charge < -0.3 is 15.5 Å². The highest BCUT2D eigenvalue weighted by Crippen LogP contribution is 2.11. The van der Waals surface area contributed by atoms with Gasteiger partial charge in [0.25, 0.3) is 0 Å². The molecule has 3 N–H and O–H groups in total. The predicted octanol–water partition coefficient (Wildman–Crippen LogP) is 1.68. The van der Waals surface area contributed by atoms with E-state index in [0.717, 1.165) is 12.8 Å². The fraction of sp³-hybridized carbons (Fsp3) is 0.538. The zero-order chi connectivity index (χ0) is 12.0. The van der Waals surface area contributed by atoms with Crippen molar-refractivity contribution >= 4 is 0 Å². The Hall–Kier alpha value is -1.06. The van der Waals surface area contributed by atoms with Gasteiger partial charge in [-0.15, -0.1) is 0 Å². The summed E-state index contributed by atoms with van der Waals surface area (Å²) in [5.41, 5.74) is 1.23. The van der Waals surface area contributed by atoms with Gasteiger partial charge in [-0.1, -0.05) is 12.1 Å². The molecule has 0 aliphatic carbocycles. The maximum Gasteiger partial charge on any atom is 0.115 e. The van der Waals surface area contributed by atoms with Crippen LogP contribution in [0.4, 0.5) is 0 Å². The van der Waals surface area contributed by atoms with E-state index in [1.165, 1.54) is 5.56 Å². The molecule has 0 bridgehead atoms. The normalized spacial score (nSPS) is 14.7. The van der Waals surface area contributed by atoms with E-state index in [2.05, 4.69) is 12.2 Å². The number of phenolic OH excluding ortho intramolecular Hbond substituents is 1. The highest BCUT2D eigenvalue weighted by Gasteiger charge is 2.06. The summed E-state index contributed by atoms with van der Waals surface area (Å²) < 4.78 is 0. The molecule has 1 unspecified atom stereocenters. The van der Waals surface area contributed by atoms with Crippen LogP contribution in [0, 0.1) is 0 Å². The first-order valence-electron chi connectivity index (χ1n) is 5.76. The van der Waals surface area contributed by atoms with Gasteiger partial charge in [0.2, 0.25) is 0 Å². The van der Waals surface area contributed by atoms with Crippen molar-refractivity contribution in [2.75, 3.05) is 6.61 Å². The van der Waals surface area contributed by atoms with Gasteiger partial charge >= 0.3 is 0 Å². The zero-order valence-electron chi connectivity index (χ0n) is 9.98. The van der Waals surface area contributed by atoms with Crippen LogP contribution in [0.25, 0.3) is 0 Å². The minimum atomic E-state index is 0.148. The van der Waals surface area contributed by atoms with Crippen LogP contribution in [-0.4, -0.2) is 28.9 Å². The molecular weight excluding hydrogens is 202 g/mol. The summed E-state index contributed by atoms with van der Waals surface area (Å²) in [6, 6.07) is 7.84. The Kier molecular flexibility index (Phi) is 5.29. The fourth-order valence-corrected chi connectivity index (χ4v) is 1.67. The average molecular weight is 223 g/mol. The monoisotopic (exact) mass is 223 g/mol. The molecule has 2 atom stereocenters. The maximum absolute atomic E-state index is 9.14. The van der Waals surface area contributed by atoms with Crippen LogP contribution in [0.3, 0.4) is 0 Å². The van der Waals surface area contributed by atoms with Gasteiger partial charge in [0.1, 0.15) is 5.75 Å². The number of aliphatic hydroxyl groups is 1. The van der Waals surface area contributed by atoms with Gasteiger partial charge in [-0.2, -0.15) is 0 Å². The summed E-state index contributed by atoms with van der Waals surface area (Å²) in [7, 11) is 0. The predicted molar refractivity (Wildman–Crippen MR) is 65.6 cm³/mol. The average Bonchev–Trinajstić information content (AvgIpc) is 2.28. The number of aryl methyl sites for hydroxylation is 1. The highest BCUT2D eigenvalue weighted by atomic mass is 16.3. The van der Waals surface area contributed by atoms with Crippen LogP contribution in [0.1, 0.15) is 25.8 Å². The summed E-state index contributed by atoms with van der Waals surface area (Å²) in [4.78, 5) is 0. The maximum atomic E-state index is 9.14.